The van der Waals surface area contributed by atoms with Gasteiger partial charge in [-0.1, -0.05) is 40.0 Å². The van der Waals surface area contributed by atoms with Crippen LogP contribution in [0.5, 0.6) is 0 Å². The topological polar surface area (TPSA) is 36.4 Å². The van der Waals surface area contributed by atoms with Crippen molar-refractivity contribution in [1.82, 2.24) is 14.8 Å². The maximum absolute atomic E-state index is 13.1. The lowest BCUT2D eigenvalue weighted by Crippen LogP contribution is -2.36. The summed E-state index contributed by atoms with van der Waals surface area (Å²) in [5.41, 5.74) is 0.900. The van der Waals surface area contributed by atoms with E-state index in [1.807, 2.05) is 6.92 Å². The Balaban J connectivity index is 1.60. The minimum Gasteiger partial charge on any atom is -0.337 e. The van der Waals surface area contributed by atoms with Crippen LogP contribution in [0.2, 0.25) is 0 Å². The first-order valence-corrected chi connectivity index (χ1v) is 11.2. The predicted octanol–water partition coefficient (Wildman–Crippen LogP) is 4.48. The van der Waals surface area contributed by atoms with Crippen molar-refractivity contribution in [1.29, 1.82) is 0 Å². The SMILES string of the molecule is Cc1nc(C(C)(C)C)sc1C(=O)N1CCCN(CC2CCCCC2)CC1. The smallest absolute Gasteiger partial charge is 0.265 e. The average molecular weight is 378 g/mol. The quantitative estimate of drug-likeness (QED) is 0.779. The molecule has 4 nitrogen and oxygen atoms in total. The van der Waals surface area contributed by atoms with Gasteiger partial charge < -0.3 is 9.80 Å². The Kier molecular flexibility index (Phi) is 6.39. The fourth-order valence-electron chi connectivity index (χ4n) is 4.15. The Morgan fingerprint density at radius 2 is 1.81 bits per heavy atom. The molecule has 1 saturated carbocycles. The van der Waals surface area contributed by atoms with E-state index in [-0.39, 0.29) is 11.3 Å². The summed E-state index contributed by atoms with van der Waals surface area (Å²) in [5, 5.41) is 1.06. The van der Waals surface area contributed by atoms with Crippen LogP contribution in [0.15, 0.2) is 0 Å². The molecule has 146 valence electrons. The van der Waals surface area contributed by atoms with Gasteiger partial charge in [0.1, 0.15) is 4.88 Å². The highest BCUT2D eigenvalue weighted by atomic mass is 32.1. The number of amides is 1. The zero-order valence-electron chi connectivity index (χ0n) is 17.0. The Bertz CT molecular complexity index is 613. The van der Waals surface area contributed by atoms with E-state index < -0.39 is 0 Å². The molecule has 1 saturated heterocycles. The molecule has 26 heavy (non-hydrogen) atoms. The maximum Gasteiger partial charge on any atom is 0.265 e. The van der Waals surface area contributed by atoms with Crippen molar-refractivity contribution in [2.45, 2.75) is 71.6 Å². The van der Waals surface area contributed by atoms with Gasteiger partial charge >= 0.3 is 0 Å². The van der Waals surface area contributed by atoms with Crippen molar-refractivity contribution < 1.29 is 4.79 Å². The molecule has 0 aromatic carbocycles. The normalized spacial score (nSPS) is 21.0. The number of carbonyl (C=O) groups is 1. The summed E-state index contributed by atoms with van der Waals surface area (Å²) in [7, 11) is 0. The molecule has 0 radical (unpaired) electrons. The second-order valence-electron chi connectivity index (χ2n) is 9.13. The second-order valence-corrected chi connectivity index (χ2v) is 10.1. The highest BCUT2D eigenvalue weighted by Gasteiger charge is 2.27. The summed E-state index contributed by atoms with van der Waals surface area (Å²) in [4.78, 5) is 23.3. The molecule has 2 heterocycles. The van der Waals surface area contributed by atoms with Gasteiger partial charge in [-0.2, -0.15) is 0 Å². The van der Waals surface area contributed by atoms with Gasteiger partial charge in [-0.05, 0) is 38.6 Å². The van der Waals surface area contributed by atoms with Crippen LogP contribution in [0, 0.1) is 12.8 Å². The molecule has 5 heteroatoms. The number of hydrogen-bond donors (Lipinski definition) is 0. The number of aromatic nitrogens is 1. The molecule has 1 aromatic rings. The third-order valence-corrected chi connectivity index (χ3v) is 7.32. The van der Waals surface area contributed by atoms with Crippen LogP contribution in [0.25, 0.3) is 0 Å². The molecule has 1 aromatic heterocycles. The van der Waals surface area contributed by atoms with Crippen molar-refractivity contribution in [2.24, 2.45) is 5.92 Å². The lowest BCUT2D eigenvalue weighted by molar-refractivity contribution is 0.0764. The molecule has 2 aliphatic rings. The number of aryl methyl sites for hydroxylation is 1. The largest absolute Gasteiger partial charge is 0.337 e. The third kappa shape index (κ3) is 4.86. The lowest BCUT2D eigenvalue weighted by Gasteiger charge is -2.28. The number of nitrogens with zero attached hydrogens (tertiary/aromatic N) is 3. The van der Waals surface area contributed by atoms with Crippen molar-refractivity contribution in [2.75, 3.05) is 32.7 Å². The van der Waals surface area contributed by atoms with Crippen LogP contribution in [0.3, 0.4) is 0 Å². The highest BCUT2D eigenvalue weighted by Crippen LogP contribution is 2.30. The summed E-state index contributed by atoms with van der Waals surface area (Å²) in [6.45, 7) is 13.6. The molecule has 3 rings (SSSR count). The molecule has 0 atom stereocenters. The molecule has 1 aliphatic carbocycles. The van der Waals surface area contributed by atoms with Crippen molar-refractivity contribution in [3.63, 3.8) is 0 Å². The van der Waals surface area contributed by atoms with E-state index in [2.05, 4.69) is 35.6 Å². The van der Waals surface area contributed by atoms with E-state index in [0.717, 1.165) is 54.1 Å². The van der Waals surface area contributed by atoms with Crippen LogP contribution in [-0.2, 0) is 5.41 Å². The van der Waals surface area contributed by atoms with Crippen LogP contribution >= 0.6 is 11.3 Å². The Morgan fingerprint density at radius 1 is 1.08 bits per heavy atom. The van der Waals surface area contributed by atoms with Gasteiger partial charge in [-0.25, -0.2) is 4.98 Å². The van der Waals surface area contributed by atoms with E-state index in [9.17, 15) is 4.79 Å². The summed E-state index contributed by atoms with van der Waals surface area (Å²) < 4.78 is 0. The highest BCUT2D eigenvalue weighted by molar-refractivity contribution is 7.14. The predicted molar refractivity (Wildman–Crippen MR) is 109 cm³/mol. The van der Waals surface area contributed by atoms with Gasteiger partial charge in [0.05, 0.1) is 10.7 Å². The molecule has 1 aliphatic heterocycles. The molecule has 0 unspecified atom stereocenters. The standard InChI is InChI=1S/C21H35N3OS/c1-16-18(26-20(22-16)21(2,3)4)19(25)24-12-8-11-23(13-14-24)15-17-9-6-5-7-10-17/h17H,5-15H2,1-4H3. The molecular formula is C21H35N3OS. The monoisotopic (exact) mass is 377 g/mol. The van der Waals surface area contributed by atoms with Crippen LogP contribution in [0.1, 0.15) is 79.7 Å². The molecule has 0 spiro atoms. The van der Waals surface area contributed by atoms with Gasteiger partial charge in [0.25, 0.3) is 5.91 Å². The number of rotatable bonds is 3. The van der Waals surface area contributed by atoms with E-state index in [0.29, 0.717) is 0 Å². The Morgan fingerprint density at radius 3 is 2.46 bits per heavy atom. The molecule has 0 bridgehead atoms. The Hall–Kier alpha value is -0.940. The summed E-state index contributed by atoms with van der Waals surface area (Å²) in [5.74, 6) is 1.07. The van der Waals surface area contributed by atoms with Gasteiger partial charge in [0.15, 0.2) is 0 Å². The third-order valence-electron chi connectivity index (χ3n) is 5.75. The second kappa shape index (κ2) is 8.39. The first-order valence-electron chi connectivity index (χ1n) is 10.3. The first-order chi connectivity index (χ1) is 12.3. The van der Waals surface area contributed by atoms with E-state index in [1.54, 1.807) is 11.3 Å². The van der Waals surface area contributed by atoms with Gasteiger partial charge in [0.2, 0.25) is 0 Å². The first kappa shape index (κ1) is 19.8. The van der Waals surface area contributed by atoms with Gasteiger partial charge in [0, 0.05) is 31.6 Å². The lowest BCUT2D eigenvalue weighted by atomic mass is 9.89. The summed E-state index contributed by atoms with van der Waals surface area (Å²) in [6.07, 6.45) is 8.11. The maximum atomic E-state index is 13.1. The molecule has 2 fully saturated rings. The fourth-order valence-corrected chi connectivity index (χ4v) is 5.24. The van der Waals surface area contributed by atoms with Gasteiger partial charge in [-0.15, -0.1) is 11.3 Å². The molecule has 0 N–H and O–H groups in total. The Labute approximate surface area is 163 Å². The van der Waals surface area contributed by atoms with Crippen molar-refractivity contribution in [3.05, 3.63) is 15.6 Å². The van der Waals surface area contributed by atoms with E-state index >= 15 is 0 Å². The molecule has 1 amide bonds. The van der Waals surface area contributed by atoms with E-state index in [1.165, 1.54) is 38.6 Å². The van der Waals surface area contributed by atoms with Gasteiger partial charge in [-0.3, -0.25) is 4.79 Å². The zero-order chi connectivity index (χ0) is 18.7. The van der Waals surface area contributed by atoms with Crippen molar-refractivity contribution >= 4 is 17.2 Å². The minimum absolute atomic E-state index is 0.00351. The van der Waals surface area contributed by atoms with Crippen molar-refractivity contribution in [3.8, 4) is 0 Å². The number of carbonyl (C=O) groups excluding carboxylic acids is 1. The average Bonchev–Trinajstić information content (AvgIpc) is 2.85. The zero-order valence-corrected chi connectivity index (χ0v) is 17.8. The van der Waals surface area contributed by atoms with Crippen LogP contribution in [-0.4, -0.2) is 53.4 Å². The summed E-state index contributed by atoms with van der Waals surface area (Å²) >= 11 is 1.59. The van der Waals surface area contributed by atoms with Crippen LogP contribution < -0.4 is 0 Å². The van der Waals surface area contributed by atoms with E-state index in [4.69, 9.17) is 0 Å². The summed E-state index contributed by atoms with van der Waals surface area (Å²) in [6, 6.07) is 0. The fraction of sp³-hybridized carbons (Fsp3) is 0.810. The van der Waals surface area contributed by atoms with Crippen LogP contribution in [0.4, 0.5) is 0 Å². The molecular weight excluding hydrogens is 342 g/mol. The number of hydrogen-bond acceptors (Lipinski definition) is 4. The minimum atomic E-state index is 0.00351. The number of thiazole rings is 1.